The van der Waals surface area contributed by atoms with E-state index in [0.717, 1.165) is 29.5 Å². The molecule has 0 aromatic heterocycles. The number of ether oxygens (including phenoxy) is 1. The molecule has 238 valence electrons. The first kappa shape index (κ1) is 35.0. The van der Waals surface area contributed by atoms with Gasteiger partial charge in [0.15, 0.2) is 0 Å². The summed E-state index contributed by atoms with van der Waals surface area (Å²) in [5.74, 6) is -1.88. The van der Waals surface area contributed by atoms with Crippen LogP contribution in [0.25, 0.3) is 0 Å². The molecular weight excluding hydrogens is 564 g/mol. The average molecular weight is 611 g/mol. The summed E-state index contributed by atoms with van der Waals surface area (Å²) in [6.07, 6.45) is 6.58. The van der Waals surface area contributed by atoms with Crippen LogP contribution in [0.3, 0.4) is 0 Å². The Hall–Kier alpha value is -4.49. The number of hydrogen-bond donors (Lipinski definition) is 2. The molecular formula is C38H46N2O5. The van der Waals surface area contributed by atoms with E-state index in [9.17, 15) is 19.5 Å². The molecule has 0 aliphatic rings. The number of nitrogens with one attached hydrogen (secondary N) is 1. The van der Waals surface area contributed by atoms with Crippen molar-refractivity contribution in [1.29, 1.82) is 0 Å². The Balaban J connectivity index is 1.71. The van der Waals surface area contributed by atoms with Gasteiger partial charge in [0.2, 0.25) is 11.8 Å². The van der Waals surface area contributed by atoms with Crippen molar-refractivity contribution < 1.29 is 24.2 Å². The maximum Gasteiger partial charge on any atom is 0.309 e. The van der Waals surface area contributed by atoms with Crippen molar-refractivity contribution in [3.8, 4) is 0 Å². The summed E-state index contributed by atoms with van der Waals surface area (Å²) >= 11 is 0. The molecule has 3 rings (SSSR count). The molecule has 0 aliphatic heterocycles. The van der Waals surface area contributed by atoms with E-state index < -0.39 is 12.0 Å². The fourth-order valence-electron chi connectivity index (χ4n) is 5.23. The third kappa shape index (κ3) is 12.2. The normalized spacial score (nSPS) is 12.7. The summed E-state index contributed by atoms with van der Waals surface area (Å²) in [6, 6.07) is 28.2. The van der Waals surface area contributed by atoms with Crippen LogP contribution in [-0.2, 0) is 32.1 Å². The lowest BCUT2D eigenvalue weighted by Crippen LogP contribution is -2.40. The molecule has 3 aromatic rings. The van der Waals surface area contributed by atoms with Gasteiger partial charge in [-0.05, 0) is 48.8 Å². The highest BCUT2D eigenvalue weighted by atomic mass is 16.5. The summed E-state index contributed by atoms with van der Waals surface area (Å²) in [7, 11) is 0. The molecule has 0 heterocycles. The maximum atomic E-state index is 13.7. The van der Waals surface area contributed by atoms with Gasteiger partial charge in [0.1, 0.15) is 6.61 Å². The molecule has 0 radical (unpaired) electrons. The zero-order chi connectivity index (χ0) is 32.3. The van der Waals surface area contributed by atoms with E-state index in [0.29, 0.717) is 25.8 Å². The van der Waals surface area contributed by atoms with Gasteiger partial charge in [-0.3, -0.25) is 14.4 Å². The number of carbonyl (C=O) groups excluding carboxylic acids is 3. The average Bonchev–Trinajstić information content (AvgIpc) is 3.07. The van der Waals surface area contributed by atoms with Crippen molar-refractivity contribution >= 4 is 17.8 Å². The molecule has 0 unspecified atom stereocenters. The van der Waals surface area contributed by atoms with Crippen molar-refractivity contribution in [3.05, 3.63) is 133 Å². The van der Waals surface area contributed by atoms with Crippen LogP contribution < -0.4 is 5.32 Å². The lowest BCUT2D eigenvalue weighted by atomic mass is 9.94. The van der Waals surface area contributed by atoms with E-state index in [-0.39, 0.29) is 49.9 Å². The number of carbonyl (C=O) groups is 3. The minimum absolute atomic E-state index is 0.0409. The predicted octanol–water partition coefficient (Wildman–Crippen LogP) is 6.21. The first-order chi connectivity index (χ1) is 21.9. The molecule has 0 spiro atoms. The Kier molecular flexibility index (Phi) is 15.3. The number of benzene rings is 3. The summed E-state index contributed by atoms with van der Waals surface area (Å²) in [4.78, 5) is 42.0. The lowest BCUT2D eigenvalue weighted by molar-refractivity contribution is -0.150. The van der Waals surface area contributed by atoms with Crippen LogP contribution in [0.1, 0.15) is 54.8 Å². The molecule has 7 nitrogen and oxygen atoms in total. The fraction of sp³-hybridized carbons (Fsp3) is 0.342. The number of aliphatic hydroxyl groups is 1. The highest BCUT2D eigenvalue weighted by molar-refractivity contribution is 5.86. The van der Waals surface area contributed by atoms with Gasteiger partial charge < -0.3 is 20.1 Å². The van der Waals surface area contributed by atoms with Crippen LogP contribution in [0.5, 0.6) is 0 Å². The first-order valence-electron chi connectivity index (χ1n) is 15.6. The Morgan fingerprint density at radius 2 is 1.47 bits per heavy atom. The van der Waals surface area contributed by atoms with Crippen LogP contribution in [0, 0.1) is 11.8 Å². The second-order valence-corrected chi connectivity index (χ2v) is 11.2. The standard InChI is InChI=1S/C38H46N2O5/c1-3-5-9-23-34(26-30-17-10-6-11-18-30)38(44)45-29-35(32-21-14-8-15-22-32)39-37(43)33(16-4-2)27-36(42)40(24-25-41)28-31-19-12-7-13-20-31/h3-4,6-8,10-15,17-22,33-35,41H,1-2,5,9,16,23-29H2,(H,39,43)/t33-,34-,35+/m1/s1. The smallest absolute Gasteiger partial charge is 0.309 e. The molecule has 0 aliphatic carbocycles. The van der Waals surface area contributed by atoms with Crippen molar-refractivity contribution in [2.45, 2.75) is 51.1 Å². The molecule has 45 heavy (non-hydrogen) atoms. The van der Waals surface area contributed by atoms with E-state index >= 15 is 0 Å². The number of amides is 2. The second kappa shape index (κ2) is 19.7. The Labute approximate surface area is 267 Å². The molecule has 2 amide bonds. The summed E-state index contributed by atoms with van der Waals surface area (Å²) in [5.41, 5.74) is 2.79. The van der Waals surface area contributed by atoms with Crippen molar-refractivity contribution in [1.82, 2.24) is 10.2 Å². The van der Waals surface area contributed by atoms with Crippen molar-refractivity contribution in [3.63, 3.8) is 0 Å². The molecule has 3 atom stereocenters. The van der Waals surface area contributed by atoms with Gasteiger partial charge in [-0.1, -0.05) is 103 Å². The Bertz CT molecular complexity index is 1330. The maximum absolute atomic E-state index is 13.7. The molecule has 0 bridgehead atoms. The molecule has 7 heteroatoms. The van der Waals surface area contributed by atoms with E-state index in [4.69, 9.17) is 4.74 Å². The SMILES string of the molecule is C=CCCC[C@H](Cc1ccccc1)C(=O)OC[C@H](NC(=O)[C@H](CC=C)CC(=O)N(CCO)Cc1ccccc1)c1ccccc1. The number of rotatable bonds is 20. The van der Waals surface area contributed by atoms with E-state index in [1.165, 1.54) is 0 Å². The highest BCUT2D eigenvalue weighted by Gasteiger charge is 2.28. The third-order valence-electron chi connectivity index (χ3n) is 7.71. The molecule has 0 saturated heterocycles. The van der Waals surface area contributed by atoms with Crippen LogP contribution in [0.15, 0.2) is 116 Å². The monoisotopic (exact) mass is 610 g/mol. The largest absolute Gasteiger partial charge is 0.463 e. The van der Waals surface area contributed by atoms with E-state index in [1.54, 1.807) is 11.0 Å². The van der Waals surface area contributed by atoms with Gasteiger partial charge >= 0.3 is 5.97 Å². The highest BCUT2D eigenvalue weighted by Crippen LogP contribution is 2.21. The van der Waals surface area contributed by atoms with Crippen molar-refractivity contribution in [2.75, 3.05) is 19.8 Å². The zero-order valence-electron chi connectivity index (χ0n) is 26.1. The van der Waals surface area contributed by atoms with Gasteiger partial charge in [0.05, 0.1) is 24.5 Å². The summed E-state index contributed by atoms with van der Waals surface area (Å²) in [5, 5.41) is 12.6. The van der Waals surface area contributed by atoms with Gasteiger partial charge in [0.25, 0.3) is 0 Å². The molecule has 2 N–H and O–H groups in total. The van der Waals surface area contributed by atoms with Crippen LogP contribution >= 0.6 is 0 Å². The molecule has 3 aromatic carbocycles. The zero-order valence-corrected chi connectivity index (χ0v) is 26.1. The first-order valence-corrected chi connectivity index (χ1v) is 15.6. The topological polar surface area (TPSA) is 95.9 Å². The number of allylic oxidation sites excluding steroid dienone is 2. The third-order valence-corrected chi connectivity index (χ3v) is 7.71. The van der Waals surface area contributed by atoms with Crippen LogP contribution in [-0.4, -0.2) is 47.5 Å². The molecule has 0 fully saturated rings. The van der Waals surface area contributed by atoms with Gasteiger partial charge in [-0.2, -0.15) is 0 Å². The number of esters is 1. The second-order valence-electron chi connectivity index (χ2n) is 11.2. The summed E-state index contributed by atoms with van der Waals surface area (Å²) in [6.45, 7) is 7.87. The number of aliphatic hydroxyl groups excluding tert-OH is 1. The predicted molar refractivity (Wildman–Crippen MR) is 178 cm³/mol. The Morgan fingerprint density at radius 3 is 2.07 bits per heavy atom. The van der Waals surface area contributed by atoms with E-state index in [1.807, 2.05) is 97.1 Å². The van der Waals surface area contributed by atoms with Crippen LogP contribution in [0.2, 0.25) is 0 Å². The van der Waals surface area contributed by atoms with Gasteiger partial charge in [0, 0.05) is 19.5 Å². The number of hydrogen-bond acceptors (Lipinski definition) is 5. The fourth-order valence-corrected chi connectivity index (χ4v) is 5.23. The minimum Gasteiger partial charge on any atom is -0.463 e. The molecule has 0 saturated carbocycles. The van der Waals surface area contributed by atoms with Crippen LogP contribution in [0.4, 0.5) is 0 Å². The number of nitrogens with zero attached hydrogens (tertiary/aromatic N) is 1. The van der Waals surface area contributed by atoms with Gasteiger partial charge in [-0.15, -0.1) is 13.2 Å². The number of unbranched alkanes of at least 4 members (excludes halogenated alkanes) is 1. The van der Waals surface area contributed by atoms with Crippen molar-refractivity contribution in [2.24, 2.45) is 11.8 Å². The minimum atomic E-state index is -0.682. The van der Waals surface area contributed by atoms with E-state index in [2.05, 4.69) is 18.5 Å². The quantitative estimate of drug-likeness (QED) is 0.0902. The van der Waals surface area contributed by atoms with Gasteiger partial charge in [-0.25, -0.2) is 0 Å². The summed E-state index contributed by atoms with van der Waals surface area (Å²) < 4.78 is 5.88. The Morgan fingerprint density at radius 1 is 0.844 bits per heavy atom. The lowest BCUT2D eigenvalue weighted by Gasteiger charge is -2.26.